The molecular formula is C19H19F2N3O4. The lowest BCUT2D eigenvalue weighted by molar-refractivity contribution is -0.132. The summed E-state index contributed by atoms with van der Waals surface area (Å²) in [6, 6.07) is 4.27. The Balaban J connectivity index is 1.42. The molecule has 0 unspecified atom stereocenters. The number of piperazine rings is 1. The predicted molar refractivity (Wildman–Crippen MR) is 94.5 cm³/mol. The number of hydrogen-bond donors (Lipinski definition) is 1. The Bertz CT molecular complexity index is 862. The molecular weight excluding hydrogens is 372 g/mol. The van der Waals surface area contributed by atoms with Gasteiger partial charge in [-0.2, -0.15) is 0 Å². The highest BCUT2D eigenvalue weighted by Gasteiger charge is 2.25. The number of carbonyl (C=O) groups is 3. The minimum Gasteiger partial charge on any atom is -0.472 e. The fourth-order valence-corrected chi connectivity index (χ4v) is 2.94. The minimum atomic E-state index is -0.956. The van der Waals surface area contributed by atoms with Crippen LogP contribution in [0.5, 0.6) is 0 Å². The summed E-state index contributed by atoms with van der Waals surface area (Å²) in [6.07, 6.45) is 2.86. The molecule has 148 valence electrons. The maximum absolute atomic E-state index is 13.6. The van der Waals surface area contributed by atoms with Crippen molar-refractivity contribution in [3.05, 3.63) is 59.6 Å². The first-order chi connectivity index (χ1) is 13.5. The van der Waals surface area contributed by atoms with Crippen molar-refractivity contribution < 1.29 is 27.6 Å². The van der Waals surface area contributed by atoms with Gasteiger partial charge in [0.2, 0.25) is 5.91 Å². The van der Waals surface area contributed by atoms with Crippen LogP contribution in [0.4, 0.5) is 8.78 Å². The Morgan fingerprint density at radius 2 is 1.75 bits per heavy atom. The molecule has 1 aromatic carbocycles. The normalized spacial score (nSPS) is 14.1. The SMILES string of the molecule is O=C(NCCC(=O)N1CCN(C(=O)c2ccoc2)CC1)c1ccc(F)cc1F. The molecule has 0 saturated carbocycles. The van der Waals surface area contributed by atoms with E-state index < -0.39 is 17.5 Å². The Labute approximate surface area is 159 Å². The fourth-order valence-electron chi connectivity index (χ4n) is 2.94. The molecule has 1 fully saturated rings. The number of furan rings is 1. The van der Waals surface area contributed by atoms with E-state index in [0.29, 0.717) is 37.8 Å². The summed E-state index contributed by atoms with van der Waals surface area (Å²) in [4.78, 5) is 39.7. The topological polar surface area (TPSA) is 82.9 Å². The number of rotatable bonds is 5. The molecule has 3 rings (SSSR count). The quantitative estimate of drug-likeness (QED) is 0.841. The Morgan fingerprint density at radius 1 is 1.04 bits per heavy atom. The van der Waals surface area contributed by atoms with E-state index in [0.717, 1.165) is 12.1 Å². The average Bonchev–Trinajstić information content (AvgIpc) is 3.22. The first kappa shape index (κ1) is 19.5. The van der Waals surface area contributed by atoms with E-state index in [1.54, 1.807) is 15.9 Å². The number of amides is 3. The lowest BCUT2D eigenvalue weighted by Crippen LogP contribution is -2.51. The van der Waals surface area contributed by atoms with Crippen LogP contribution in [0, 0.1) is 11.6 Å². The van der Waals surface area contributed by atoms with Crippen molar-refractivity contribution in [2.75, 3.05) is 32.7 Å². The molecule has 0 aliphatic carbocycles. The third kappa shape index (κ3) is 4.54. The smallest absolute Gasteiger partial charge is 0.257 e. The molecule has 0 radical (unpaired) electrons. The summed E-state index contributed by atoms with van der Waals surface area (Å²) < 4.78 is 31.4. The second kappa shape index (κ2) is 8.64. The van der Waals surface area contributed by atoms with Crippen LogP contribution in [0.2, 0.25) is 0 Å². The number of hydrogen-bond acceptors (Lipinski definition) is 4. The Kier molecular flexibility index (Phi) is 6.03. The summed E-state index contributed by atoms with van der Waals surface area (Å²) >= 11 is 0. The second-order valence-corrected chi connectivity index (χ2v) is 6.32. The van der Waals surface area contributed by atoms with E-state index in [2.05, 4.69) is 5.32 Å². The van der Waals surface area contributed by atoms with E-state index in [1.165, 1.54) is 12.5 Å². The van der Waals surface area contributed by atoms with Crippen molar-refractivity contribution >= 4 is 17.7 Å². The van der Waals surface area contributed by atoms with Gasteiger partial charge in [-0.3, -0.25) is 14.4 Å². The third-order valence-corrected chi connectivity index (χ3v) is 4.49. The standard InChI is InChI=1S/C19H19F2N3O4/c20-14-1-2-15(16(21)11-14)18(26)22-5-3-17(25)23-6-8-24(9-7-23)19(27)13-4-10-28-12-13/h1-2,4,10-12H,3,5-9H2,(H,22,26). The number of carbonyl (C=O) groups excluding carboxylic acids is 3. The van der Waals surface area contributed by atoms with E-state index in [9.17, 15) is 23.2 Å². The van der Waals surface area contributed by atoms with Gasteiger partial charge in [-0.25, -0.2) is 8.78 Å². The highest BCUT2D eigenvalue weighted by molar-refractivity contribution is 5.95. The number of halogens is 2. The minimum absolute atomic E-state index is 0.0304. The maximum atomic E-state index is 13.6. The molecule has 1 aliphatic heterocycles. The van der Waals surface area contributed by atoms with Gasteiger partial charge in [-0.15, -0.1) is 0 Å². The van der Waals surface area contributed by atoms with Crippen LogP contribution in [0.25, 0.3) is 0 Å². The van der Waals surface area contributed by atoms with Crippen LogP contribution in [0.15, 0.2) is 41.2 Å². The summed E-state index contributed by atoms with van der Waals surface area (Å²) in [7, 11) is 0. The molecule has 1 saturated heterocycles. The van der Waals surface area contributed by atoms with Gasteiger partial charge in [0.25, 0.3) is 11.8 Å². The molecule has 0 atom stereocenters. The third-order valence-electron chi connectivity index (χ3n) is 4.49. The van der Waals surface area contributed by atoms with Gasteiger partial charge in [0.15, 0.2) is 0 Å². The highest BCUT2D eigenvalue weighted by Crippen LogP contribution is 2.11. The Hall–Kier alpha value is -3.23. The molecule has 0 bridgehead atoms. The molecule has 3 amide bonds. The van der Waals surface area contributed by atoms with Gasteiger partial charge in [-0.05, 0) is 18.2 Å². The molecule has 1 N–H and O–H groups in total. The average molecular weight is 391 g/mol. The zero-order valence-corrected chi connectivity index (χ0v) is 15.0. The molecule has 2 aromatic rings. The van der Waals surface area contributed by atoms with Gasteiger partial charge < -0.3 is 19.5 Å². The summed E-state index contributed by atoms with van der Waals surface area (Å²) in [5.74, 6) is -2.75. The molecule has 1 aromatic heterocycles. The summed E-state index contributed by atoms with van der Waals surface area (Å²) in [6.45, 7) is 1.63. The van der Waals surface area contributed by atoms with Gasteiger partial charge in [0, 0.05) is 45.2 Å². The monoisotopic (exact) mass is 391 g/mol. The highest BCUT2D eigenvalue weighted by atomic mass is 19.1. The molecule has 0 spiro atoms. The van der Waals surface area contributed by atoms with E-state index in [-0.39, 0.29) is 30.3 Å². The molecule has 2 heterocycles. The van der Waals surface area contributed by atoms with Crippen molar-refractivity contribution in [3.63, 3.8) is 0 Å². The first-order valence-corrected chi connectivity index (χ1v) is 8.78. The molecule has 7 nitrogen and oxygen atoms in total. The largest absolute Gasteiger partial charge is 0.472 e. The molecule has 1 aliphatic rings. The van der Waals surface area contributed by atoms with Gasteiger partial charge >= 0.3 is 0 Å². The Morgan fingerprint density at radius 3 is 2.39 bits per heavy atom. The number of nitrogens with one attached hydrogen (secondary N) is 1. The van der Waals surface area contributed by atoms with Crippen LogP contribution < -0.4 is 5.32 Å². The maximum Gasteiger partial charge on any atom is 0.257 e. The van der Waals surface area contributed by atoms with Crippen molar-refractivity contribution in [1.82, 2.24) is 15.1 Å². The summed E-state index contributed by atoms with van der Waals surface area (Å²) in [5, 5.41) is 2.45. The fraction of sp³-hybridized carbons (Fsp3) is 0.316. The zero-order chi connectivity index (χ0) is 20.1. The van der Waals surface area contributed by atoms with Gasteiger partial charge in [0.1, 0.15) is 17.9 Å². The number of benzene rings is 1. The summed E-state index contributed by atoms with van der Waals surface area (Å²) in [5.41, 5.74) is 0.190. The molecule has 28 heavy (non-hydrogen) atoms. The van der Waals surface area contributed by atoms with Crippen LogP contribution >= 0.6 is 0 Å². The first-order valence-electron chi connectivity index (χ1n) is 8.78. The second-order valence-electron chi connectivity index (χ2n) is 6.32. The lowest BCUT2D eigenvalue weighted by atomic mass is 10.2. The van der Waals surface area contributed by atoms with Crippen molar-refractivity contribution in [2.24, 2.45) is 0 Å². The van der Waals surface area contributed by atoms with Crippen molar-refractivity contribution in [2.45, 2.75) is 6.42 Å². The van der Waals surface area contributed by atoms with Gasteiger partial charge in [0.05, 0.1) is 17.4 Å². The van der Waals surface area contributed by atoms with Crippen molar-refractivity contribution in [1.29, 1.82) is 0 Å². The molecule has 9 heteroatoms. The van der Waals surface area contributed by atoms with Crippen LogP contribution in [0.1, 0.15) is 27.1 Å². The van der Waals surface area contributed by atoms with E-state index in [1.807, 2.05) is 0 Å². The zero-order valence-electron chi connectivity index (χ0n) is 15.0. The van der Waals surface area contributed by atoms with Crippen LogP contribution in [0.3, 0.4) is 0 Å². The van der Waals surface area contributed by atoms with Gasteiger partial charge in [-0.1, -0.05) is 0 Å². The van der Waals surface area contributed by atoms with E-state index in [4.69, 9.17) is 4.42 Å². The predicted octanol–water partition coefficient (Wildman–Crippen LogP) is 1.66. The van der Waals surface area contributed by atoms with E-state index >= 15 is 0 Å². The number of nitrogens with zero attached hydrogens (tertiary/aromatic N) is 2. The van der Waals surface area contributed by atoms with Crippen molar-refractivity contribution in [3.8, 4) is 0 Å². The van der Waals surface area contributed by atoms with Crippen LogP contribution in [-0.2, 0) is 4.79 Å². The van der Waals surface area contributed by atoms with Crippen LogP contribution in [-0.4, -0.2) is 60.2 Å². The lowest BCUT2D eigenvalue weighted by Gasteiger charge is -2.34.